The van der Waals surface area contributed by atoms with Gasteiger partial charge in [0.05, 0.1) is 23.9 Å². The number of epoxide rings is 1. The first-order valence-electron chi connectivity index (χ1n) is 13.4. The molecule has 8 rings (SSSR count). The zero-order chi connectivity index (χ0) is 21.6. The van der Waals surface area contributed by atoms with E-state index in [-0.39, 0.29) is 17.3 Å². The summed E-state index contributed by atoms with van der Waals surface area (Å²) < 4.78 is 13.8. The molecule has 0 radical (unpaired) electrons. The van der Waals surface area contributed by atoms with Gasteiger partial charge in [-0.25, -0.2) is 0 Å². The summed E-state index contributed by atoms with van der Waals surface area (Å²) in [7, 11) is 0. The Kier molecular flexibility index (Phi) is 3.75. The number of aliphatic hydroxyl groups is 1. The second kappa shape index (κ2) is 5.81. The van der Waals surface area contributed by atoms with Crippen molar-refractivity contribution in [2.75, 3.05) is 0 Å². The quantitative estimate of drug-likeness (QED) is 0.476. The minimum atomic E-state index is -0.0790. The predicted molar refractivity (Wildman–Crippen MR) is 120 cm³/mol. The van der Waals surface area contributed by atoms with Gasteiger partial charge in [0.2, 0.25) is 0 Å². The van der Waals surface area contributed by atoms with Gasteiger partial charge in [-0.3, -0.25) is 0 Å². The molecule has 0 aromatic rings. The monoisotopic (exact) mass is 426 g/mol. The summed E-state index contributed by atoms with van der Waals surface area (Å²) >= 11 is 0. The van der Waals surface area contributed by atoms with E-state index in [9.17, 15) is 5.11 Å². The molecule has 172 valence electrons. The van der Waals surface area contributed by atoms with Crippen LogP contribution in [-0.2, 0) is 9.47 Å². The van der Waals surface area contributed by atoms with Gasteiger partial charge in [-0.05, 0) is 99.7 Å². The maximum atomic E-state index is 10.4. The Labute approximate surface area is 188 Å². The van der Waals surface area contributed by atoms with E-state index in [4.69, 9.17) is 9.47 Å². The van der Waals surface area contributed by atoms with Crippen molar-refractivity contribution >= 4 is 0 Å². The minimum absolute atomic E-state index is 0.0393. The third-order valence-corrected chi connectivity index (χ3v) is 12.5. The first-order chi connectivity index (χ1) is 14.7. The fraction of sp³-hybridized carbons (Fsp3) is 0.929. The van der Waals surface area contributed by atoms with Crippen molar-refractivity contribution in [3.63, 3.8) is 0 Å². The Hall–Kier alpha value is -0.380. The van der Waals surface area contributed by atoms with Crippen LogP contribution in [0.25, 0.3) is 0 Å². The summed E-state index contributed by atoms with van der Waals surface area (Å²) in [4.78, 5) is 0. The highest BCUT2D eigenvalue weighted by molar-refractivity contribution is 5.37. The Morgan fingerprint density at radius 3 is 2.65 bits per heavy atom. The molecule has 8 fully saturated rings. The molecular weight excluding hydrogens is 384 g/mol. The van der Waals surface area contributed by atoms with Crippen LogP contribution in [0.1, 0.15) is 85.5 Å². The molecule has 0 aromatic heterocycles. The van der Waals surface area contributed by atoms with Crippen molar-refractivity contribution < 1.29 is 14.6 Å². The van der Waals surface area contributed by atoms with Gasteiger partial charge >= 0.3 is 0 Å². The van der Waals surface area contributed by atoms with Gasteiger partial charge in [-0.1, -0.05) is 32.9 Å². The molecule has 12 atom stereocenters. The SMILES string of the molecule is C=C(CCC1(C)OC2C3CC1C21CC[C@@H]2C4(C)CCC(O)CC4CC4OC42C31)C(C)C. The largest absolute Gasteiger partial charge is 0.393 e. The molecule has 0 aromatic carbocycles. The molecule has 4 bridgehead atoms. The number of hydrogen-bond donors (Lipinski definition) is 1. The average Bonchev–Trinajstić information content (AvgIpc) is 3.07. The first kappa shape index (κ1) is 20.0. The zero-order valence-electron chi connectivity index (χ0n) is 20.0. The lowest BCUT2D eigenvalue weighted by Crippen LogP contribution is -2.68. The van der Waals surface area contributed by atoms with Crippen LogP contribution in [0.4, 0.5) is 0 Å². The first-order valence-corrected chi connectivity index (χ1v) is 13.4. The van der Waals surface area contributed by atoms with Gasteiger partial charge in [0.25, 0.3) is 0 Å². The lowest BCUT2D eigenvalue weighted by molar-refractivity contribution is -0.221. The lowest BCUT2D eigenvalue weighted by Gasteiger charge is -2.65. The maximum absolute atomic E-state index is 10.4. The molecule has 11 unspecified atom stereocenters. The van der Waals surface area contributed by atoms with Crippen molar-refractivity contribution in [3.8, 4) is 0 Å². The molecule has 3 nitrogen and oxygen atoms in total. The van der Waals surface area contributed by atoms with E-state index in [2.05, 4.69) is 34.3 Å². The standard InChI is InChI=1S/C28H42O3/c1-15(2)16(3)6-10-26(5)21-14-19-23-27(21,24(19)31-26)11-8-20-25(4)9-7-18(29)12-17(25)13-22-28(20,23)30-22/h15,17-24,29H,3,6-14H2,1-2,4-5H3/t17?,18?,19?,20-,21?,22?,23?,24?,25?,26?,27?,28?/m1/s1. The smallest absolute Gasteiger partial charge is 0.102 e. The Morgan fingerprint density at radius 2 is 1.87 bits per heavy atom. The minimum Gasteiger partial charge on any atom is -0.393 e. The Bertz CT molecular complexity index is 836. The molecule has 2 heterocycles. The van der Waals surface area contributed by atoms with E-state index in [1.807, 2.05) is 0 Å². The summed E-state index contributed by atoms with van der Waals surface area (Å²) in [5.41, 5.74) is 2.37. The van der Waals surface area contributed by atoms with Crippen LogP contribution in [0, 0.1) is 46.3 Å². The van der Waals surface area contributed by atoms with Crippen LogP contribution in [0.15, 0.2) is 12.2 Å². The van der Waals surface area contributed by atoms with Crippen LogP contribution in [0.3, 0.4) is 0 Å². The van der Waals surface area contributed by atoms with E-state index in [0.717, 1.165) is 43.4 Å². The second-order valence-corrected chi connectivity index (χ2v) is 13.6. The van der Waals surface area contributed by atoms with Crippen LogP contribution in [0.5, 0.6) is 0 Å². The molecule has 2 spiro atoms. The number of hydrogen-bond acceptors (Lipinski definition) is 3. The van der Waals surface area contributed by atoms with E-state index >= 15 is 0 Å². The second-order valence-electron chi connectivity index (χ2n) is 13.6. The summed E-state index contributed by atoms with van der Waals surface area (Å²) in [5, 5.41) is 10.4. The molecule has 6 saturated carbocycles. The molecule has 6 aliphatic carbocycles. The third-order valence-electron chi connectivity index (χ3n) is 12.5. The van der Waals surface area contributed by atoms with Gasteiger partial charge in [0.1, 0.15) is 5.60 Å². The van der Waals surface area contributed by atoms with Crippen LogP contribution in [0.2, 0.25) is 0 Å². The summed E-state index contributed by atoms with van der Waals surface area (Å²) in [6.07, 6.45) is 11.6. The topological polar surface area (TPSA) is 42.0 Å². The van der Waals surface area contributed by atoms with Crippen LogP contribution in [-0.4, -0.2) is 34.6 Å². The third kappa shape index (κ3) is 2.10. The zero-order valence-corrected chi connectivity index (χ0v) is 20.0. The lowest BCUT2D eigenvalue weighted by atomic mass is 9.38. The van der Waals surface area contributed by atoms with Gasteiger partial charge in [0, 0.05) is 11.3 Å². The van der Waals surface area contributed by atoms with Crippen LogP contribution >= 0.6 is 0 Å². The van der Waals surface area contributed by atoms with Crippen molar-refractivity contribution in [1.82, 2.24) is 0 Å². The number of aliphatic hydroxyl groups excluding tert-OH is 1. The summed E-state index contributed by atoms with van der Waals surface area (Å²) in [6, 6.07) is 0. The Balaban J connectivity index is 1.18. The van der Waals surface area contributed by atoms with Gasteiger partial charge in [-0.15, -0.1) is 0 Å². The molecule has 8 aliphatic rings. The number of rotatable bonds is 4. The molecule has 0 amide bonds. The van der Waals surface area contributed by atoms with E-state index in [0.29, 0.717) is 40.8 Å². The number of ether oxygens (including phenoxy) is 2. The van der Waals surface area contributed by atoms with E-state index in [1.165, 1.54) is 37.7 Å². The molecule has 1 N–H and O–H groups in total. The van der Waals surface area contributed by atoms with Crippen molar-refractivity contribution in [3.05, 3.63) is 12.2 Å². The van der Waals surface area contributed by atoms with Crippen molar-refractivity contribution in [1.29, 1.82) is 0 Å². The average molecular weight is 427 g/mol. The van der Waals surface area contributed by atoms with Crippen molar-refractivity contribution in [2.24, 2.45) is 46.3 Å². The van der Waals surface area contributed by atoms with E-state index < -0.39 is 0 Å². The fourth-order valence-corrected chi connectivity index (χ4v) is 10.9. The molecule has 31 heavy (non-hydrogen) atoms. The predicted octanol–water partition coefficient (Wildman–Crippen LogP) is 5.51. The fourth-order valence-electron chi connectivity index (χ4n) is 10.9. The highest BCUT2D eigenvalue weighted by Crippen LogP contribution is 2.86. The number of allylic oxidation sites excluding steroid dienone is 1. The number of fused-ring (bicyclic) bond motifs is 2. The molecular formula is C28H42O3. The summed E-state index contributed by atoms with van der Waals surface area (Å²) in [6.45, 7) is 13.9. The van der Waals surface area contributed by atoms with Gasteiger partial charge in [0.15, 0.2) is 0 Å². The van der Waals surface area contributed by atoms with Gasteiger partial charge in [-0.2, -0.15) is 0 Å². The van der Waals surface area contributed by atoms with Crippen molar-refractivity contribution in [2.45, 2.75) is 115 Å². The maximum Gasteiger partial charge on any atom is 0.102 e. The van der Waals surface area contributed by atoms with Gasteiger partial charge < -0.3 is 14.6 Å². The normalized spacial score (nSPS) is 62.4. The Morgan fingerprint density at radius 1 is 1.06 bits per heavy atom. The molecule has 3 heteroatoms. The molecule has 2 saturated heterocycles. The highest BCUT2D eigenvalue weighted by Gasteiger charge is 2.90. The van der Waals surface area contributed by atoms with Crippen LogP contribution < -0.4 is 0 Å². The molecule has 2 aliphatic heterocycles. The summed E-state index contributed by atoms with van der Waals surface area (Å²) in [5.74, 6) is 4.16. The highest BCUT2D eigenvalue weighted by atomic mass is 16.6. The van der Waals surface area contributed by atoms with E-state index in [1.54, 1.807) is 0 Å².